The van der Waals surface area contributed by atoms with Crippen LogP contribution >= 0.6 is 11.3 Å². The minimum atomic E-state index is -0.361. The molecule has 1 aromatic carbocycles. The Kier molecular flexibility index (Phi) is 4.05. The molecule has 4 aromatic rings. The molecule has 6 heteroatoms. The smallest absolute Gasteiger partial charge is 0.348 e. The maximum Gasteiger partial charge on any atom is 0.348 e. The Bertz CT molecular complexity index is 1140. The molecule has 0 fully saturated rings. The number of ketones is 1. The van der Waals surface area contributed by atoms with E-state index < -0.39 is 0 Å². The molecule has 3 aromatic heterocycles. The minimum absolute atomic E-state index is 0.172. The Morgan fingerprint density at radius 3 is 2.65 bits per heavy atom. The van der Waals surface area contributed by atoms with Crippen molar-refractivity contribution in [3.63, 3.8) is 0 Å². The molecular formula is C20H15NO4S. The van der Waals surface area contributed by atoms with Gasteiger partial charge in [0.15, 0.2) is 5.76 Å². The first-order valence-corrected chi connectivity index (χ1v) is 8.99. The Balaban J connectivity index is 1.65. The van der Waals surface area contributed by atoms with E-state index in [1.165, 1.54) is 17.6 Å². The average molecular weight is 365 g/mol. The highest BCUT2D eigenvalue weighted by molar-refractivity contribution is 7.16. The third-order valence-electron chi connectivity index (χ3n) is 4.36. The van der Waals surface area contributed by atoms with Gasteiger partial charge in [-0.15, -0.1) is 11.3 Å². The van der Waals surface area contributed by atoms with Crippen LogP contribution in [0.1, 0.15) is 46.0 Å². The number of thiophene rings is 1. The summed E-state index contributed by atoms with van der Waals surface area (Å²) in [5.41, 5.74) is 1.96. The van der Waals surface area contributed by atoms with Gasteiger partial charge in [-0.2, -0.15) is 0 Å². The number of hydrogen-bond donors (Lipinski definition) is 0. The third kappa shape index (κ3) is 2.78. The Hall–Kier alpha value is -2.99. The summed E-state index contributed by atoms with van der Waals surface area (Å²) in [6.07, 6.45) is 1.47. The van der Waals surface area contributed by atoms with Crippen molar-refractivity contribution in [3.8, 4) is 0 Å². The molecule has 5 nitrogen and oxygen atoms in total. The molecular weight excluding hydrogens is 350 g/mol. The van der Waals surface area contributed by atoms with Gasteiger partial charge in [0.2, 0.25) is 11.7 Å². The Morgan fingerprint density at radius 2 is 1.96 bits per heavy atom. The van der Waals surface area contributed by atoms with E-state index >= 15 is 0 Å². The largest absolute Gasteiger partial charge is 0.461 e. The molecule has 0 amide bonds. The lowest BCUT2D eigenvalue weighted by Crippen LogP contribution is -2.08. The fraction of sp³-hybridized carbons (Fsp3) is 0.150. The first-order chi connectivity index (χ1) is 12.5. The molecule has 0 saturated carbocycles. The fourth-order valence-electron chi connectivity index (χ4n) is 2.83. The van der Waals surface area contributed by atoms with Gasteiger partial charge in [0, 0.05) is 5.56 Å². The van der Waals surface area contributed by atoms with E-state index in [9.17, 15) is 9.59 Å². The summed E-state index contributed by atoms with van der Waals surface area (Å²) < 4.78 is 10.6. The number of rotatable bonds is 4. The van der Waals surface area contributed by atoms with Crippen LogP contribution in [0.5, 0.6) is 0 Å². The van der Waals surface area contributed by atoms with Gasteiger partial charge in [-0.3, -0.25) is 4.79 Å². The molecule has 0 saturated heterocycles. The molecule has 0 aliphatic carbocycles. The van der Waals surface area contributed by atoms with Gasteiger partial charge in [-0.1, -0.05) is 24.3 Å². The standard InChI is InChI=1S/C20H15NO4S/c1-11-10-26-19-16(11)20(23)25-18(21-19)12(2)13-5-7-14(8-6-13)17(22)15-4-3-9-24-15/h3-10,12H,1-2H3. The SMILES string of the molecule is Cc1csc2nc(C(C)c3ccc(C(=O)c4ccco4)cc3)oc(=O)c12. The van der Waals surface area contributed by atoms with Crippen LogP contribution in [0.25, 0.3) is 10.2 Å². The summed E-state index contributed by atoms with van der Waals surface area (Å²) >= 11 is 1.43. The maximum absolute atomic E-state index is 12.3. The second kappa shape index (κ2) is 6.38. The molecule has 0 bridgehead atoms. The van der Waals surface area contributed by atoms with Crippen LogP contribution in [0.15, 0.2) is 61.7 Å². The number of fused-ring (bicyclic) bond motifs is 1. The first-order valence-electron chi connectivity index (χ1n) is 8.11. The van der Waals surface area contributed by atoms with Gasteiger partial charge < -0.3 is 8.83 Å². The van der Waals surface area contributed by atoms with Crippen molar-refractivity contribution in [2.45, 2.75) is 19.8 Å². The highest BCUT2D eigenvalue weighted by Gasteiger charge is 2.18. The van der Waals surface area contributed by atoms with Gasteiger partial charge in [0.1, 0.15) is 4.83 Å². The van der Waals surface area contributed by atoms with Crippen molar-refractivity contribution in [2.24, 2.45) is 0 Å². The normalized spacial score (nSPS) is 12.4. The predicted molar refractivity (Wildman–Crippen MR) is 99.0 cm³/mol. The van der Waals surface area contributed by atoms with E-state index in [0.29, 0.717) is 27.4 Å². The maximum atomic E-state index is 12.3. The van der Waals surface area contributed by atoms with E-state index in [0.717, 1.165) is 11.1 Å². The van der Waals surface area contributed by atoms with Gasteiger partial charge in [-0.25, -0.2) is 9.78 Å². The summed E-state index contributed by atoms with van der Waals surface area (Å²) in [7, 11) is 0. The van der Waals surface area contributed by atoms with Gasteiger partial charge >= 0.3 is 5.63 Å². The molecule has 3 heterocycles. The number of benzene rings is 1. The molecule has 0 radical (unpaired) electrons. The molecule has 1 unspecified atom stereocenters. The first kappa shape index (κ1) is 16.5. The fourth-order valence-corrected chi connectivity index (χ4v) is 3.74. The zero-order chi connectivity index (χ0) is 18.3. The molecule has 26 heavy (non-hydrogen) atoms. The molecule has 0 spiro atoms. The van der Waals surface area contributed by atoms with Crippen LogP contribution in [0, 0.1) is 6.92 Å². The molecule has 1 atom stereocenters. The van der Waals surface area contributed by atoms with E-state index in [4.69, 9.17) is 8.83 Å². The summed E-state index contributed by atoms with van der Waals surface area (Å²) in [6, 6.07) is 10.5. The van der Waals surface area contributed by atoms with Crippen LogP contribution in [0.3, 0.4) is 0 Å². The number of hydrogen-bond acceptors (Lipinski definition) is 6. The minimum Gasteiger partial charge on any atom is -0.461 e. The summed E-state index contributed by atoms with van der Waals surface area (Å²) in [5, 5.41) is 2.45. The van der Waals surface area contributed by atoms with E-state index in [2.05, 4.69) is 4.98 Å². The molecule has 4 rings (SSSR count). The number of carbonyl (C=O) groups is 1. The lowest BCUT2D eigenvalue weighted by molar-refractivity contribution is 0.101. The second-order valence-electron chi connectivity index (χ2n) is 6.09. The van der Waals surface area contributed by atoms with Gasteiger partial charge in [0.25, 0.3) is 0 Å². The van der Waals surface area contributed by atoms with Crippen LogP contribution in [-0.2, 0) is 0 Å². The summed E-state index contributed by atoms with van der Waals surface area (Å²) in [5.74, 6) is 0.294. The van der Waals surface area contributed by atoms with Crippen molar-refractivity contribution >= 4 is 27.3 Å². The number of aromatic nitrogens is 1. The quantitative estimate of drug-likeness (QED) is 0.497. The van der Waals surface area contributed by atoms with Crippen molar-refractivity contribution in [2.75, 3.05) is 0 Å². The highest BCUT2D eigenvalue weighted by atomic mass is 32.1. The van der Waals surface area contributed by atoms with Crippen molar-refractivity contribution in [3.05, 3.63) is 86.8 Å². The Labute approximate surface area is 152 Å². The molecule has 130 valence electrons. The third-order valence-corrected chi connectivity index (χ3v) is 5.35. The lowest BCUT2D eigenvalue weighted by atomic mass is 9.98. The highest BCUT2D eigenvalue weighted by Crippen LogP contribution is 2.27. The van der Waals surface area contributed by atoms with Crippen molar-refractivity contribution < 1.29 is 13.6 Å². The second-order valence-corrected chi connectivity index (χ2v) is 6.95. The molecule has 0 aliphatic heterocycles. The van der Waals surface area contributed by atoms with Crippen molar-refractivity contribution in [1.29, 1.82) is 0 Å². The predicted octanol–water partition coefficient (Wildman–Crippen LogP) is 4.53. The van der Waals surface area contributed by atoms with Gasteiger partial charge in [0.05, 0.1) is 17.6 Å². The molecule has 0 N–H and O–H groups in total. The zero-order valence-electron chi connectivity index (χ0n) is 14.2. The number of nitrogens with zero attached hydrogens (tertiary/aromatic N) is 1. The van der Waals surface area contributed by atoms with Crippen LogP contribution < -0.4 is 5.63 Å². The summed E-state index contributed by atoms with van der Waals surface area (Å²) in [4.78, 5) is 29.7. The number of furan rings is 1. The topological polar surface area (TPSA) is 73.3 Å². The number of aryl methyl sites for hydroxylation is 1. The zero-order valence-corrected chi connectivity index (χ0v) is 15.0. The van der Waals surface area contributed by atoms with Crippen LogP contribution in [0.2, 0.25) is 0 Å². The Morgan fingerprint density at radius 1 is 1.19 bits per heavy atom. The van der Waals surface area contributed by atoms with Crippen LogP contribution in [-0.4, -0.2) is 10.8 Å². The van der Waals surface area contributed by atoms with E-state index in [1.807, 2.05) is 31.4 Å². The monoisotopic (exact) mass is 365 g/mol. The van der Waals surface area contributed by atoms with E-state index in [-0.39, 0.29) is 17.3 Å². The average Bonchev–Trinajstić information content (AvgIpc) is 3.31. The molecule has 0 aliphatic rings. The van der Waals surface area contributed by atoms with E-state index in [1.54, 1.807) is 24.3 Å². The number of carbonyl (C=O) groups excluding carboxylic acids is 1. The van der Waals surface area contributed by atoms with Crippen LogP contribution in [0.4, 0.5) is 0 Å². The van der Waals surface area contributed by atoms with Crippen molar-refractivity contribution in [1.82, 2.24) is 4.98 Å². The summed E-state index contributed by atoms with van der Waals surface area (Å²) in [6.45, 7) is 3.79. The van der Waals surface area contributed by atoms with Gasteiger partial charge in [-0.05, 0) is 42.5 Å². The lowest BCUT2D eigenvalue weighted by Gasteiger charge is -2.10.